The number of hydrogen-bond acceptors (Lipinski definition) is 2. The van der Waals surface area contributed by atoms with Gasteiger partial charge < -0.3 is 4.90 Å². The average molecular weight is 264 g/mol. The third kappa shape index (κ3) is 3.85. The van der Waals surface area contributed by atoms with Crippen LogP contribution in [0.25, 0.3) is 0 Å². The van der Waals surface area contributed by atoms with Crippen molar-refractivity contribution in [2.45, 2.75) is 44.3 Å². The highest BCUT2D eigenvalue weighted by molar-refractivity contribution is 4.87. The lowest BCUT2D eigenvalue weighted by Crippen LogP contribution is -2.42. The second kappa shape index (κ2) is 5.78. The Morgan fingerprint density at radius 2 is 1.72 bits per heavy atom. The van der Waals surface area contributed by atoms with E-state index in [9.17, 15) is 13.2 Å². The van der Waals surface area contributed by atoms with E-state index in [-0.39, 0.29) is 6.54 Å². The van der Waals surface area contributed by atoms with Crippen LogP contribution in [0.5, 0.6) is 0 Å². The summed E-state index contributed by atoms with van der Waals surface area (Å²) in [7, 11) is 2.12. The van der Waals surface area contributed by atoms with E-state index in [4.69, 9.17) is 0 Å². The molecule has 2 nitrogen and oxygen atoms in total. The van der Waals surface area contributed by atoms with Crippen LogP contribution in [0, 0.1) is 5.92 Å². The largest absolute Gasteiger partial charge is 0.390 e. The van der Waals surface area contributed by atoms with Gasteiger partial charge in [0.05, 0.1) is 6.42 Å². The Morgan fingerprint density at radius 3 is 2.33 bits per heavy atom. The zero-order valence-corrected chi connectivity index (χ0v) is 11.0. The van der Waals surface area contributed by atoms with Crippen molar-refractivity contribution in [2.24, 2.45) is 5.92 Å². The molecule has 1 atom stereocenters. The molecule has 2 heterocycles. The highest BCUT2D eigenvalue weighted by Crippen LogP contribution is 2.32. The van der Waals surface area contributed by atoms with Crippen molar-refractivity contribution in [3.05, 3.63) is 0 Å². The molecule has 0 amide bonds. The molecule has 0 aromatic heterocycles. The van der Waals surface area contributed by atoms with E-state index in [2.05, 4.69) is 16.8 Å². The fourth-order valence-corrected chi connectivity index (χ4v) is 3.35. The van der Waals surface area contributed by atoms with Crippen molar-refractivity contribution in [3.8, 4) is 0 Å². The van der Waals surface area contributed by atoms with Crippen molar-refractivity contribution in [1.82, 2.24) is 9.80 Å². The van der Waals surface area contributed by atoms with Gasteiger partial charge in [-0.15, -0.1) is 0 Å². The first-order valence-electron chi connectivity index (χ1n) is 6.95. The average Bonchev–Trinajstić information content (AvgIpc) is 2.75. The van der Waals surface area contributed by atoms with Crippen molar-refractivity contribution in [2.75, 3.05) is 33.2 Å². The minimum atomic E-state index is -4.01. The van der Waals surface area contributed by atoms with E-state index in [1.54, 1.807) is 0 Å². The molecular formula is C13H23F3N2. The predicted octanol–water partition coefficient (Wildman–Crippen LogP) is 2.75. The fourth-order valence-electron chi connectivity index (χ4n) is 3.35. The Morgan fingerprint density at radius 1 is 1.06 bits per heavy atom. The monoisotopic (exact) mass is 264 g/mol. The number of rotatable bonds is 3. The summed E-state index contributed by atoms with van der Waals surface area (Å²) in [5.74, 6) is 0.608. The molecule has 1 unspecified atom stereocenters. The number of piperidine rings is 1. The standard InChI is InChI=1S/C13H23F3N2/c1-17-8-4-11(5-9-17)12-3-2-7-18(12)10-6-13(14,15)16/h11-12H,2-10H2,1H3. The molecule has 2 aliphatic rings. The fraction of sp³-hybridized carbons (Fsp3) is 1.00. The number of nitrogens with zero attached hydrogens (tertiary/aromatic N) is 2. The van der Waals surface area contributed by atoms with Crippen molar-refractivity contribution in [3.63, 3.8) is 0 Å². The van der Waals surface area contributed by atoms with Gasteiger partial charge in [0, 0.05) is 12.6 Å². The summed E-state index contributed by atoms with van der Waals surface area (Å²) in [5, 5.41) is 0. The quantitative estimate of drug-likeness (QED) is 0.773. The minimum Gasteiger partial charge on any atom is -0.306 e. The summed E-state index contributed by atoms with van der Waals surface area (Å²) in [6.07, 6.45) is -0.232. The molecule has 0 saturated carbocycles. The van der Waals surface area contributed by atoms with E-state index in [0.717, 1.165) is 45.3 Å². The molecule has 106 valence electrons. The number of likely N-dealkylation sites (tertiary alicyclic amines) is 2. The zero-order chi connectivity index (χ0) is 13.2. The van der Waals surface area contributed by atoms with Gasteiger partial charge in [-0.2, -0.15) is 13.2 Å². The molecule has 18 heavy (non-hydrogen) atoms. The Hall–Kier alpha value is -0.290. The second-order valence-corrected chi connectivity index (χ2v) is 5.75. The highest BCUT2D eigenvalue weighted by atomic mass is 19.4. The van der Waals surface area contributed by atoms with Crippen LogP contribution < -0.4 is 0 Å². The van der Waals surface area contributed by atoms with Gasteiger partial charge in [0.1, 0.15) is 0 Å². The van der Waals surface area contributed by atoms with Gasteiger partial charge in [0.2, 0.25) is 0 Å². The van der Waals surface area contributed by atoms with Crippen molar-refractivity contribution >= 4 is 0 Å². The molecule has 0 aliphatic carbocycles. The smallest absolute Gasteiger partial charge is 0.306 e. The van der Waals surface area contributed by atoms with Crippen molar-refractivity contribution < 1.29 is 13.2 Å². The van der Waals surface area contributed by atoms with Crippen LogP contribution in [-0.2, 0) is 0 Å². The molecule has 0 aromatic carbocycles. The van der Waals surface area contributed by atoms with Gasteiger partial charge in [-0.05, 0) is 58.3 Å². The van der Waals surface area contributed by atoms with Crippen LogP contribution in [0.1, 0.15) is 32.1 Å². The molecule has 2 rings (SSSR count). The van der Waals surface area contributed by atoms with Crippen LogP contribution in [0.4, 0.5) is 13.2 Å². The van der Waals surface area contributed by atoms with Crippen LogP contribution in [0.15, 0.2) is 0 Å². The maximum Gasteiger partial charge on any atom is 0.390 e. The van der Waals surface area contributed by atoms with Gasteiger partial charge in [-0.25, -0.2) is 0 Å². The lowest BCUT2D eigenvalue weighted by atomic mass is 9.88. The third-order valence-electron chi connectivity index (χ3n) is 4.40. The first kappa shape index (κ1) is 14.1. The maximum atomic E-state index is 12.3. The summed E-state index contributed by atoms with van der Waals surface area (Å²) >= 11 is 0. The van der Waals surface area contributed by atoms with Gasteiger partial charge in [-0.3, -0.25) is 4.90 Å². The summed E-state index contributed by atoms with van der Waals surface area (Å²) in [5.41, 5.74) is 0. The molecule has 0 radical (unpaired) electrons. The summed E-state index contributed by atoms with van der Waals surface area (Å²) in [6.45, 7) is 3.23. The van der Waals surface area contributed by atoms with Gasteiger partial charge in [0.25, 0.3) is 0 Å². The maximum absolute atomic E-state index is 12.3. The van der Waals surface area contributed by atoms with E-state index >= 15 is 0 Å². The van der Waals surface area contributed by atoms with Gasteiger partial charge in [-0.1, -0.05) is 0 Å². The SMILES string of the molecule is CN1CCC(C2CCCN2CCC(F)(F)F)CC1. The molecular weight excluding hydrogens is 241 g/mol. The predicted molar refractivity (Wildman–Crippen MR) is 65.5 cm³/mol. The highest BCUT2D eigenvalue weighted by Gasteiger charge is 2.35. The van der Waals surface area contributed by atoms with E-state index in [0.29, 0.717) is 12.0 Å². The van der Waals surface area contributed by atoms with Gasteiger partial charge >= 0.3 is 6.18 Å². The first-order valence-corrected chi connectivity index (χ1v) is 6.95. The van der Waals surface area contributed by atoms with Crippen LogP contribution >= 0.6 is 0 Å². The topological polar surface area (TPSA) is 6.48 Å². The van der Waals surface area contributed by atoms with E-state index in [1.165, 1.54) is 0 Å². The number of hydrogen-bond donors (Lipinski definition) is 0. The molecule has 2 fully saturated rings. The van der Waals surface area contributed by atoms with E-state index in [1.807, 2.05) is 0 Å². The third-order valence-corrected chi connectivity index (χ3v) is 4.40. The van der Waals surface area contributed by atoms with Crippen LogP contribution in [0.3, 0.4) is 0 Å². The minimum absolute atomic E-state index is 0.195. The first-order chi connectivity index (χ1) is 8.46. The Labute approximate surface area is 107 Å². The molecule has 5 heteroatoms. The summed E-state index contributed by atoms with van der Waals surface area (Å²) in [4.78, 5) is 4.40. The second-order valence-electron chi connectivity index (χ2n) is 5.75. The zero-order valence-electron chi connectivity index (χ0n) is 11.0. The van der Waals surface area contributed by atoms with E-state index < -0.39 is 12.6 Å². The lowest BCUT2D eigenvalue weighted by molar-refractivity contribution is -0.139. The van der Waals surface area contributed by atoms with Crippen molar-refractivity contribution in [1.29, 1.82) is 0 Å². The van der Waals surface area contributed by atoms with Gasteiger partial charge in [0.15, 0.2) is 0 Å². The summed E-state index contributed by atoms with van der Waals surface area (Å²) < 4.78 is 36.9. The normalized spacial score (nSPS) is 29.0. The Bertz CT molecular complexity index is 259. The number of halogens is 3. The summed E-state index contributed by atoms with van der Waals surface area (Å²) in [6, 6.07) is 0.404. The molecule has 0 spiro atoms. The molecule has 0 N–H and O–H groups in total. The Balaban J connectivity index is 1.83. The Kier molecular flexibility index (Phi) is 4.54. The molecule has 2 saturated heterocycles. The molecule has 2 aliphatic heterocycles. The number of alkyl halides is 3. The molecule has 0 aromatic rings. The molecule has 0 bridgehead atoms. The van der Waals surface area contributed by atoms with Crippen LogP contribution in [0.2, 0.25) is 0 Å². The van der Waals surface area contributed by atoms with Crippen LogP contribution in [-0.4, -0.2) is 55.2 Å². The lowest BCUT2D eigenvalue weighted by Gasteiger charge is -2.37.